The number of hydrogen-bond acceptors (Lipinski definition) is 4. The molecule has 0 aliphatic carbocycles. The average Bonchev–Trinajstić information content (AvgIpc) is 2.87. The number of rotatable bonds is 3. The van der Waals surface area contributed by atoms with Crippen LogP contribution < -0.4 is 0 Å². The molecule has 6 nitrogen and oxygen atoms in total. The molecule has 1 fully saturated rings. The van der Waals surface area contributed by atoms with Crippen LogP contribution in [0.4, 0.5) is 0 Å². The molecule has 1 unspecified atom stereocenters. The van der Waals surface area contributed by atoms with Gasteiger partial charge in [-0.2, -0.15) is 5.10 Å². The number of aliphatic hydroxyl groups is 1. The lowest BCUT2D eigenvalue weighted by atomic mass is 10.0. The van der Waals surface area contributed by atoms with Crippen molar-refractivity contribution < 1.29 is 9.90 Å². The third kappa shape index (κ3) is 2.53. The minimum absolute atomic E-state index is 0.0709. The molecule has 1 saturated heterocycles. The van der Waals surface area contributed by atoms with E-state index in [9.17, 15) is 4.79 Å². The molecule has 6 heteroatoms. The van der Waals surface area contributed by atoms with Crippen LogP contribution in [0.3, 0.4) is 0 Å². The Morgan fingerprint density at radius 2 is 2.33 bits per heavy atom. The molecule has 18 heavy (non-hydrogen) atoms. The van der Waals surface area contributed by atoms with Gasteiger partial charge in [0, 0.05) is 12.5 Å². The largest absolute Gasteiger partial charge is 0.387 e. The summed E-state index contributed by atoms with van der Waals surface area (Å²) in [6.45, 7) is 4.30. The molecule has 1 aromatic heterocycles. The number of carbonyl (C=O) groups is 1. The predicted octanol–water partition coefficient (Wildman–Crippen LogP) is 0.974. The lowest BCUT2D eigenvalue weighted by Gasteiger charge is -2.33. The van der Waals surface area contributed by atoms with Crippen molar-refractivity contribution in [2.45, 2.75) is 45.1 Å². The van der Waals surface area contributed by atoms with Crippen LogP contribution >= 0.6 is 0 Å². The monoisotopic (exact) mass is 252 g/mol. The van der Waals surface area contributed by atoms with E-state index in [0.717, 1.165) is 30.9 Å². The molecule has 100 valence electrons. The molecule has 0 bridgehead atoms. The minimum Gasteiger partial charge on any atom is -0.387 e. The summed E-state index contributed by atoms with van der Waals surface area (Å²) >= 11 is 0. The zero-order valence-electron chi connectivity index (χ0n) is 10.9. The maximum Gasteiger partial charge on any atom is 0.248 e. The summed E-state index contributed by atoms with van der Waals surface area (Å²) in [5, 5.41) is 16.1. The number of H-pyrrole nitrogens is 1. The molecule has 1 amide bonds. The Bertz CT molecular complexity index is 416. The van der Waals surface area contributed by atoms with E-state index in [-0.39, 0.29) is 17.9 Å². The summed E-state index contributed by atoms with van der Waals surface area (Å²) in [7, 11) is 0. The number of aromatic amines is 1. The van der Waals surface area contributed by atoms with Crippen molar-refractivity contribution >= 4 is 5.91 Å². The van der Waals surface area contributed by atoms with E-state index >= 15 is 0 Å². The number of nitrogens with zero attached hydrogens (tertiary/aromatic N) is 3. The summed E-state index contributed by atoms with van der Waals surface area (Å²) in [6.07, 6.45) is 2.92. The van der Waals surface area contributed by atoms with Crippen LogP contribution in [0.25, 0.3) is 0 Å². The summed E-state index contributed by atoms with van der Waals surface area (Å²) in [4.78, 5) is 17.9. The molecular weight excluding hydrogens is 232 g/mol. The summed E-state index contributed by atoms with van der Waals surface area (Å²) in [5.41, 5.74) is 0. The molecule has 0 spiro atoms. The second kappa shape index (κ2) is 5.48. The molecular formula is C12H20N4O2. The molecule has 2 rings (SSSR count). The van der Waals surface area contributed by atoms with E-state index in [4.69, 9.17) is 5.11 Å². The first-order chi connectivity index (χ1) is 8.63. The Kier molecular flexibility index (Phi) is 3.96. The van der Waals surface area contributed by atoms with Gasteiger partial charge in [-0.1, -0.05) is 13.8 Å². The second-order valence-corrected chi connectivity index (χ2v) is 4.99. The van der Waals surface area contributed by atoms with E-state index in [0.29, 0.717) is 6.54 Å². The molecule has 0 saturated carbocycles. The maximum atomic E-state index is 11.7. The fourth-order valence-corrected chi connectivity index (χ4v) is 2.30. The fraction of sp³-hybridized carbons (Fsp3) is 0.750. The van der Waals surface area contributed by atoms with Gasteiger partial charge in [0.05, 0.1) is 6.04 Å². The SMILES string of the molecule is CC(C)c1n[nH]c(C2CCCCN2C(=O)CO)n1. The van der Waals surface area contributed by atoms with E-state index in [1.165, 1.54) is 0 Å². The lowest BCUT2D eigenvalue weighted by Crippen LogP contribution is -2.40. The van der Waals surface area contributed by atoms with Gasteiger partial charge in [0.2, 0.25) is 5.91 Å². The van der Waals surface area contributed by atoms with Gasteiger partial charge in [0.25, 0.3) is 0 Å². The quantitative estimate of drug-likeness (QED) is 0.840. The molecule has 1 atom stereocenters. The van der Waals surface area contributed by atoms with E-state index in [1.807, 2.05) is 13.8 Å². The van der Waals surface area contributed by atoms with Crippen LogP contribution in [0, 0.1) is 0 Å². The van der Waals surface area contributed by atoms with Crippen molar-refractivity contribution in [1.82, 2.24) is 20.1 Å². The Hall–Kier alpha value is -1.43. The van der Waals surface area contributed by atoms with Crippen LogP contribution in [-0.4, -0.2) is 44.2 Å². The fourth-order valence-electron chi connectivity index (χ4n) is 2.30. The highest BCUT2D eigenvalue weighted by Gasteiger charge is 2.30. The normalized spacial score (nSPS) is 20.4. The van der Waals surface area contributed by atoms with Crippen molar-refractivity contribution in [1.29, 1.82) is 0 Å². The van der Waals surface area contributed by atoms with Crippen molar-refractivity contribution in [3.05, 3.63) is 11.6 Å². The first-order valence-corrected chi connectivity index (χ1v) is 6.46. The molecule has 1 aliphatic heterocycles. The summed E-state index contributed by atoms with van der Waals surface area (Å²) in [5.74, 6) is 1.54. The van der Waals surface area contributed by atoms with Crippen LogP contribution in [0.1, 0.15) is 56.7 Å². The van der Waals surface area contributed by atoms with Gasteiger partial charge in [-0.05, 0) is 19.3 Å². The van der Waals surface area contributed by atoms with Gasteiger partial charge in [-0.25, -0.2) is 4.98 Å². The Labute approximate surface area is 106 Å². The third-order valence-electron chi connectivity index (χ3n) is 3.31. The third-order valence-corrected chi connectivity index (χ3v) is 3.31. The summed E-state index contributed by atoms with van der Waals surface area (Å²) < 4.78 is 0. The molecule has 1 aliphatic rings. The molecule has 0 radical (unpaired) electrons. The van der Waals surface area contributed by atoms with Gasteiger partial charge in [-0.15, -0.1) is 0 Å². The number of aromatic nitrogens is 3. The summed E-state index contributed by atoms with van der Waals surface area (Å²) in [6, 6.07) is -0.0709. The van der Waals surface area contributed by atoms with E-state index in [1.54, 1.807) is 4.90 Å². The molecule has 0 aromatic carbocycles. The van der Waals surface area contributed by atoms with Gasteiger partial charge in [0.15, 0.2) is 5.82 Å². The van der Waals surface area contributed by atoms with Gasteiger partial charge in [-0.3, -0.25) is 9.89 Å². The number of carbonyl (C=O) groups excluding carboxylic acids is 1. The number of piperidine rings is 1. The number of amides is 1. The highest BCUT2D eigenvalue weighted by molar-refractivity contribution is 5.77. The molecule has 2 N–H and O–H groups in total. The Morgan fingerprint density at radius 3 is 2.94 bits per heavy atom. The van der Waals surface area contributed by atoms with Crippen LogP contribution in [0.2, 0.25) is 0 Å². The average molecular weight is 252 g/mol. The first-order valence-electron chi connectivity index (χ1n) is 6.46. The number of likely N-dealkylation sites (tertiary alicyclic amines) is 1. The van der Waals surface area contributed by atoms with E-state index in [2.05, 4.69) is 15.2 Å². The molecule has 1 aromatic rings. The maximum absolute atomic E-state index is 11.7. The lowest BCUT2D eigenvalue weighted by molar-refractivity contribution is -0.138. The Balaban J connectivity index is 2.19. The first kappa shape index (κ1) is 13.0. The van der Waals surface area contributed by atoms with Gasteiger partial charge >= 0.3 is 0 Å². The van der Waals surface area contributed by atoms with Crippen LogP contribution in [-0.2, 0) is 4.79 Å². The minimum atomic E-state index is -0.443. The number of hydrogen-bond donors (Lipinski definition) is 2. The zero-order valence-corrected chi connectivity index (χ0v) is 10.9. The standard InChI is InChI=1S/C12H20N4O2/c1-8(2)11-13-12(15-14-11)9-5-3-4-6-16(9)10(18)7-17/h8-9,17H,3-7H2,1-2H3,(H,13,14,15). The van der Waals surface area contributed by atoms with Crippen LogP contribution in [0.15, 0.2) is 0 Å². The van der Waals surface area contributed by atoms with Crippen molar-refractivity contribution in [2.75, 3.05) is 13.2 Å². The number of nitrogens with one attached hydrogen (secondary N) is 1. The molecule has 2 heterocycles. The predicted molar refractivity (Wildman–Crippen MR) is 65.9 cm³/mol. The van der Waals surface area contributed by atoms with Crippen molar-refractivity contribution in [3.63, 3.8) is 0 Å². The van der Waals surface area contributed by atoms with Gasteiger partial charge in [0.1, 0.15) is 12.4 Å². The highest BCUT2D eigenvalue weighted by Crippen LogP contribution is 2.29. The Morgan fingerprint density at radius 1 is 1.56 bits per heavy atom. The van der Waals surface area contributed by atoms with Crippen molar-refractivity contribution in [3.8, 4) is 0 Å². The smallest absolute Gasteiger partial charge is 0.248 e. The number of aliphatic hydroxyl groups excluding tert-OH is 1. The topological polar surface area (TPSA) is 82.1 Å². The highest BCUT2D eigenvalue weighted by atomic mass is 16.3. The second-order valence-electron chi connectivity index (χ2n) is 4.99. The van der Waals surface area contributed by atoms with Gasteiger partial charge < -0.3 is 10.0 Å². The van der Waals surface area contributed by atoms with Crippen LogP contribution in [0.5, 0.6) is 0 Å². The zero-order chi connectivity index (χ0) is 13.1. The van der Waals surface area contributed by atoms with Crippen molar-refractivity contribution in [2.24, 2.45) is 0 Å². The van der Waals surface area contributed by atoms with E-state index < -0.39 is 6.61 Å².